The molecule has 0 aliphatic carbocycles. The van der Waals surface area contributed by atoms with Crippen molar-refractivity contribution in [3.05, 3.63) is 162 Å². The van der Waals surface area contributed by atoms with Crippen LogP contribution in [0.15, 0.2) is 161 Å². The first-order chi connectivity index (χ1) is 28.0. The highest BCUT2D eigenvalue weighted by Crippen LogP contribution is 2.28. The zero-order valence-electron chi connectivity index (χ0n) is 31.2. The second-order valence-electron chi connectivity index (χ2n) is 12.1. The molecule has 0 unspecified atom stereocenters. The lowest BCUT2D eigenvalue weighted by Crippen LogP contribution is -2.01. The normalized spacial score (nSPS) is 11.2. The van der Waals surface area contributed by atoms with Crippen molar-refractivity contribution in [3.8, 4) is 52.5 Å². The maximum Gasteiger partial charge on any atom is 0.331 e. The molecule has 0 N–H and O–H groups in total. The smallest absolute Gasteiger partial charge is 0.331 e. The van der Waals surface area contributed by atoms with Gasteiger partial charge in [-0.3, -0.25) is 15.0 Å². The number of hydrogen-bond acceptors (Lipinski definition) is 12. The first-order valence-electron chi connectivity index (χ1n) is 17.6. The Morgan fingerprint density at radius 1 is 0.316 bits per heavy atom. The first kappa shape index (κ1) is 37.5. The van der Waals surface area contributed by atoms with Crippen LogP contribution in [0.4, 0.5) is 17.1 Å². The van der Waals surface area contributed by atoms with Crippen LogP contribution >= 0.6 is 0 Å². The van der Waals surface area contributed by atoms with Crippen molar-refractivity contribution >= 4 is 35.7 Å². The Hall–Kier alpha value is -7.86. The lowest BCUT2D eigenvalue weighted by Gasteiger charge is -2.10. The van der Waals surface area contributed by atoms with Crippen molar-refractivity contribution in [2.24, 2.45) is 15.0 Å². The molecule has 0 aliphatic rings. The van der Waals surface area contributed by atoms with E-state index >= 15 is 0 Å². The average Bonchev–Trinajstić information content (AvgIpc) is 3.26. The van der Waals surface area contributed by atoms with Gasteiger partial charge in [0.25, 0.3) is 0 Å². The molecule has 12 nitrogen and oxygen atoms in total. The van der Waals surface area contributed by atoms with Crippen LogP contribution in [0.2, 0.25) is 0 Å². The molecular weight excluding hydrogens is 721 g/mol. The van der Waals surface area contributed by atoms with Crippen LogP contribution in [0.1, 0.15) is 16.7 Å². The third kappa shape index (κ3) is 10.9. The van der Waals surface area contributed by atoms with E-state index in [1.165, 1.54) is 0 Å². The summed E-state index contributed by atoms with van der Waals surface area (Å²) in [5.74, 6) is 3.77. The summed E-state index contributed by atoms with van der Waals surface area (Å²) in [4.78, 5) is 26.9. The van der Waals surface area contributed by atoms with Gasteiger partial charge < -0.3 is 28.4 Å². The number of ether oxygens (including phenoxy) is 6. The van der Waals surface area contributed by atoms with Gasteiger partial charge in [0.1, 0.15) is 34.5 Å². The molecule has 0 radical (unpaired) electrons. The molecule has 0 saturated carbocycles. The van der Waals surface area contributed by atoms with Crippen LogP contribution in [0, 0.1) is 0 Å². The second-order valence-corrected chi connectivity index (χ2v) is 12.1. The highest BCUT2D eigenvalue weighted by molar-refractivity contribution is 5.83. The summed E-state index contributed by atoms with van der Waals surface area (Å²) >= 11 is 0. The van der Waals surface area contributed by atoms with E-state index in [2.05, 4.69) is 29.9 Å². The minimum Gasteiger partial charge on any atom is -0.497 e. The van der Waals surface area contributed by atoms with Crippen LogP contribution in [-0.2, 0) is 0 Å². The van der Waals surface area contributed by atoms with Crippen molar-refractivity contribution in [1.29, 1.82) is 0 Å². The first-order valence-corrected chi connectivity index (χ1v) is 17.6. The number of hydrogen-bond donors (Lipinski definition) is 0. The number of nitrogens with zero attached hydrogens (tertiary/aromatic N) is 6. The summed E-state index contributed by atoms with van der Waals surface area (Å²) in [7, 11) is 4.88. The maximum atomic E-state index is 6.06. The van der Waals surface area contributed by atoms with Crippen molar-refractivity contribution in [3.63, 3.8) is 0 Å². The van der Waals surface area contributed by atoms with Gasteiger partial charge in [0.05, 0.1) is 38.4 Å². The Balaban J connectivity index is 1.07. The minimum absolute atomic E-state index is 0.0267. The van der Waals surface area contributed by atoms with Gasteiger partial charge in [-0.15, -0.1) is 15.0 Å². The second kappa shape index (κ2) is 18.5. The third-order valence-electron chi connectivity index (χ3n) is 8.15. The summed E-state index contributed by atoms with van der Waals surface area (Å²) in [6, 6.07) is 44.3. The molecule has 0 aliphatic heterocycles. The quantitative estimate of drug-likeness (QED) is 0.0938. The summed E-state index contributed by atoms with van der Waals surface area (Å²) in [6.07, 6.45) is 5.29. The highest BCUT2D eigenvalue weighted by Gasteiger charge is 2.13. The van der Waals surface area contributed by atoms with E-state index in [1.807, 2.05) is 109 Å². The van der Waals surface area contributed by atoms with Crippen molar-refractivity contribution in [1.82, 2.24) is 15.0 Å². The fourth-order valence-corrected chi connectivity index (χ4v) is 5.09. The molecule has 0 atom stereocenters. The van der Waals surface area contributed by atoms with Gasteiger partial charge in [0, 0.05) is 18.6 Å². The lowest BCUT2D eigenvalue weighted by atomic mass is 10.2. The van der Waals surface area contributed by atoms with E-state index in [4.69, 9.17) is 28.4 Å². The van der Waals surface area contributed by atoms with Crippen molar-refractivity contribution in [2.75, 3.05) is 21.3 Å². The zero-order chi connectivity index (χ0) is 39.2. The van der Waals surface area contributed by atoms with Gasteiger partial charge in [-0.05, 0) is 162 Å². The Kier molecular flexibility index (Phi) is 12.1. The molecule has 0 spiro atoms. The molecule has 0 amide bonds. The predicted octanol–water partition coefficient (Wildman–Crippen LogP) is 10.5. The number of methoxy groups -OCH3 is 3. The Morgan fingerprint density at radius 2 is 0.544 bits per heavy atom. The Morgan fingerprint density at radius 3 is 0.772 bits per heavy atom. The van der Waals surface area contributed by atoms with Crippen LogP contribution in [0.25, 0.3) is 0 Å². The molecule has 0 fully saturated rings. The lowest BCUT2D eigenvalue weighted by molar-refractivity contribution is 0.362. The highest BCUT2D eigenvalue weighted by atomic mass is 16.5. The zero-order valence-corrected chi connectivity index (χ0v) is 31.2. The third-order valence-corrected chi connectivity index (χ3v) is 8.15. The largest absolute Gasteiger partial charge is 0.497 e. The maximum absolute atomic E-state index is 6.06. The summed E-state index contributed by atoms with van der Waals surface area (Å²) < 4.78 is 33.8. The van der Waals surface area contributed by atoms with Crippen LogP contribution in [-0.4, -0.2) is 54.9 Å². The number of aromatic nitrogens is 3. The van der Waals surface area contributed by atoms with Crippen LogP contribution in [0.3, 0.4) is 0 Å². The molecule has 282 valence electrons. The van der Waals surface area contributed by atoms with Crippen LogP contribution < -0.4 is 28.4 Å². The monoisotopic (exact) mass is 756 g/mol. The van der Waals surface area contributed by atoms with Crippen LogP contribution in [0.5, 0.6) is 52.5 Å². The predicted molar refractivity (Wildman–Crippen MR) is 220 cm³/mol. The summed E-state index contributed by atoms with van der Waals surface area (Å²) in [5.41, 5.74) is 5.02. The van der Waals surface area contributed by atoms with E-state index in [1.54, 1.807) is 76.4 Å². The summed E-state index contributed by atoms with van der Waals surface area (Å²) in [5, 5.41) is 0. The summed E-state index contributed by atoms with van der Waals surface area (Å²) in [6.45, 7) is 0. The van der Waals surface area contributed by atoms with Crippen molar-refractivity contribution in [2.45, 2.75) is 0 Å². The topological polar surface area (TPSA) is 131 Å². The fraction of sp³-hybridized carbons (Fsp3) is 0.0667. The molecule has 0 saturated heterocycles. The number of rotatable bonds is 15. The van der Waals surface area contributed by atoms with E-state index in [0.717, 1.165) is 51.0 Å². The van der Waals surface area contributed by atoms with E-state index in [0.29, 0.717) is 17.2 Å². The van der Waals surface area contributed by atoms with Gasteiger partial charge in [-0.2, -0.15) is 0 Å². The number of aliphatic imine (C=N–C) groups is 3. The number of benzene rings is 6. The van der Waals surface area contributed by atoms with E-state index in [9.17, 15) is 0 Å². The van der Waals surface area contributed by atoms with Gasteiger partial charge in [0.15, 0.2) is 0 Å². The van der Waals surface area contributed by atoms with E-state index in [-0.39, 0.29) is 18.0 Å². The average molecular weight is 757 g/mol. The van der Waals surface area contributed by atoms with Gasteiger partial charge in [0.2, 0.25) is 0 Å². The Labute approximate surface area is 329 Å². The van der Waals surface area contributed by atoms with E-state index < -0.39 is 0 Å². The fourth-order valence-electron chi connectivity index (χ4n) is 5.09. The Bertz CT molecular complexity index is 2160. The molecule has 7 rings (SSSR count). The molecule has 1 aromatic heterocycles. The SMILES string of the molecule is COc1ccc(N=Cc2ccc(Oc3nc(Oc4ccc(C=Nc5ccc(OC)cc5)cc4)nc(Oc4ccc(C=Nc5ccc(OC)cc5)cc4)n3)cc2)cc1. The molecule has 12 heteroatoms. The van der Waals surface area contributed by atoms with Gasteiger partial charge >= 0.3 is 18.0 Å². The minimum atomic E-state index is -0.0267. The van der Waals surface area contributed by atoms with Gasteiger partial charge in [-0.25, -0.2) is 0 Å². The molecule has 7 aromatic rings. The molecule has 0 bridgehead atoms. The van der Waals surface area contributed by atoms with Crippen molar-refractivity contribution < 1.29 is 28.4 Å². The molecular formula is C45H36N6O6. The molecule has 1 heterocycles. The molecule has 6 aromatic carbocycles. The molecule has 57 heavy (non-hydrogen) atoms. The van der Waals surface area contributed by atoms with Gasteiger partial charge in [-0.1, -0.05) is 0 Å². The standard InChI is InChI=1S/C45H36N6O6/c1-52-37-22-10-34(11-23-37)46-28-31-4-16-40(17-5-31)55-43-49-44(56-41-18-6-32(7-19-41)29-47-35-12-24-38(53-2)25-13-35)51-45(50-43)57-42-20-8-33(9-21-42)30-48-36-14-26-39(54-3)27-15-36/h4-30H,1-3H3.